The lowest BCUT2D eigenvalue weighted by Crippen LogP contribution is -2.49. The molecule has 5 rings (SSSR count). The number of ether oxygens (including phenoxy) is 2. The molecule has 1 aromatic heterocycles. The fourth-order valence-electron chi connectivity index (χ4n) is 5.14. The highest BCUT2D eigenvalue weighted by molar-refractivity contribution is 5.74. The van der Waals surface area contributed by atoms with Crippen molar-refractivity contribution in [1.29, 1.82) is 0 Å². The summed E-state index contributed by atoms with van der Waals surface area (Å²) in [6, 6.07) is 8.59. The highest BCUT2D eigenvalue weighted by Gasteiger charge is 2.28. The van der Waals surface area contributed by atoms with E-state index in [1.165, 1.54) is 12.8 Å². The molecule has 2 fully saturated rings. The molecule has 1 aliphatic carbocycles. The Balaban J connectivity index is 1.10. The minimum Gasteiger partial charge on any atom is -0.497 e. The second-order valence-corrected chi connectivity index (χ2v) is 9.39. The summed E-state index contributed by atoms with van der Waals surface area (Å²) in [4.78, 5) is 14.6. The summed E-state index contributed by atoms with van der Waals surface area (Å²) in [5.74, 6) is 0.840. The van der Waals surface area contributed by atoms with Crippen molar-refractivity contribution in [3.63, 3.8) is 0 Å². The normalized spacial score (nSPS) is 22.2. The topological polar surface area (TPSA) is 93.5 Å². The van der Waals surface area contributed by atoms with E-state index >= 15 is 0 Å². The smallest absolute Gasteiger partial charge is 0.315 e. The van der Waals surface area contributed by atoms with Gasteiger partial charge in [-0.15, -0.1) is 5.10 Å². The molecule has 1 aromatic carbocycles. The number of carbonyl (C=O) groups is 1. The molecule has 9 nitrogen and oxygen atoms in total. The second-order valence-electron chi connectivity index (χ2n) is 9.39. The molecule has 178 valence electrons. The summed E-state index contributed by atoms with van der Waals surface area (Å²) in [6.07, 6.45) is 6.55. The molecular formula is C24H34N6O3. The third-order valence-corrected chi connectivity index (χ3v) is 7.15. The van der Waals surface area contributed by atoms with Crippen LogP contribution in [0.3, 0.4) is 0 Å². The van der Waals surface area contributed by atoms with Gasteiger partial charge in [0.25, 0.3) is 0 Å². The molecule has 0 bridgehead atoms. The Morgan fingerprint density at radius 2 is 1.79 bits per heavy atom. The van der Waals surface area contributed by atoms with E-state index in [0.717, 1.165) is 68.0 Å². The maximum absolute atomic E-state index is 12.2. The molecule has 2 amide bonds. The molecule has 2 aliphatic heterocycles. The zero-order valence-corrected chi connectivity index (χ0v) is 19.3. The fraction of sp³-hybridized carbons (Fsp3) is 0.625. The van der Waals surface area contributed by atoms with E-state index < -0.39 is 0 Å². The molecule has 2 aromatic rings. The van der Waals surface area contributed by atoms with Gasteiger partial charge in [-0.25, -0.2) is 9.48 Å². The monoisotopic (exact) mass is 454 g/mol. The number of hydrogen-bond donors (Lipinski definition) is 2. The van der Waals surface area contributed by atoms with Crippen LogP contribution in [0.2, 0.25) is 0 Å². The molecule has 3 aliphatic rings. The molecule has 0 spiro atoms. The maximum Gasteiger partial charge on any atom is 0.315 e. The fourth-order valence-corrected chi connectivity index (χ4v) is 5.14. The molecule has 3 heterocycles. The molecule has 9 heteroatoms. The van der Waals surface area contributed by atoms with Crippen molar-refractivity contribution in [3.05, 3.63) is 41.2 Å². The van der Waals surface area contributed by atoms with Gasteiger partial charge >= 0.3 is 6.03 Å². The van der Waals surface area contributed by atoms with Crippen LogP contribution in [0.25, 0.3) is 0 Å². The van der Waals surface area contributed by atoms with Crippen molar-refractivity contribution in [1.82, 2.24) is 30.5 Å². The van der Waals surface area contributed by atoms with Crippen LogP contribution in [0, 0.1) is 0 Å². The Labute approximate surface area is 194 Å². The summed E-state index contributed by atoms with van der Waals surface area (Å²) in [7, 11) is 1.67. The SMILES string of the molecule is COc1ccc([C@@H]2Cn3nnc(CN4CCC(NC(=O)NC5CCCC5)CC4)c3CO2)cc1. The van der Waals surface area contributed by atoms with Gasteiger partial charge in [-0.05, 0) is 43.4 Å². The van der Waals surface area contributed by atoms with Gasteiger partial charge in [-0.3, -0.25) is 4.90 Å². The number of urea groups is 1. The van der Waals surface area contributed by atoms with Crippen LogP contribution < -0.4 is 15.4 Å². The van der Waals surface area contributed by atoms with Crippen molar-refractivity contribution >= 4 is 6.03 Å². The minimum atomic E-state index is -0.0323. The van der Waals surface area contributed by atoms with Gasteiger partial charge < -0.3 is 20.1 Å². The number of piperidine rings is 1. The van der Waals surface area contributed by atoms with Crippen molar-refractivity contribution in [2.24, 2.45) is 0 Å². The van der Waals surface area contributed by atoms with E-state index in [-0.39, 0.29) is 18.2 Å². The molecule has 1 saturated carbocycles. The summed E-state index contributed by atoms with van der Waals surface area (Å²) >= 11 is 0. The molecule has 1 saturated heterocycles. The average molecular weight is 455 g/mol. The highest BCUT2D eigenvalue weighted by Crippen LogP contribution is 2.28. The van der Waals surface area contributed by atoms with Gasteiger partial charge in [-0.2, -0.15) is 0 Å². The quantitative estimate of drug-likeness (QED) is 0.697. The van der Waals surface area contributed by atoms with Crippen LogP contribution in [-0.4, -0.2) is 58.2 Å². The van der Waals surface area contributed by atoms with E-state index in [2.05, 4.69) is 25.8 Å². The summed E-state index contributed by atoms with van der Waals surface area (Å²) in [5, 5.41) is 15.2. The lowest BCUT2D eigenvalue weighted by Gasteiger charge is -2.32. The lowest BCUT2D eigenvalue weighted by molar-refractivity contribution is -0.00218. The molecule has 2 N–H and O–H groups in total. The Morgan fingerprint density at radius 1 is 1.09 bits per heavy atom. The highest BCUT2D eigenvalue weighted by atomic mass is 16.5. The third-order valence-electron chi connectivity index (χ3n) is 7.15. The van der Waals surface area contributed by atoms with Gasteiger partial charge in [-0.1, -0.05) is 30.2 Å². The van der Waals surface area contributed by atoms with E-state index in [1.54, 1.807) is 7.11 Å². The average Bonchev–Trinajstić information content (AvgIpc) is 3.50. The Morgan fingerprint density at radius 3 is 2.48 bits per heavy atom. The zero-order valence-electron chi connectivity index (χ0n) is 19.3. The number of fused-ring (bicyclic) bond motifs is 1. The first-order chi connectivity index (χ1) is 16.2. The number of rotatable bonds is 6. The van der Waals surface area contributed by atoms with Crippen molar-refractivity contribution in [2.75, 3.05) is 20.2 Å². The summed E-state index contributed by atoms with van der Waals surface area (Å²) < 4.78 is 13.4. The van der Waals surface area contributed by atoms with E-state index in [0.29, 0.717) is 19.2 Å². The number of benzene rings is 1. The first-order valence-corrected chi connectivity index (χ1v) is 12.1. The minimum absolute atomic E-state index is 0.00344. The van der Waals surface area contributed by atoms with E-state index in [1.807, 2.05) is 28.9 Å². The van der Waals surface area contributed by atoms with Crippen LogP contribution in [0.5, 0.6) is 5.75 Å². The number of likely N-dealkylation sites (tertiary alicyclic amines) is 1. The Hall–Kier alpha value is -2.65. The van der Waals surface area contributed by atoms with Crippen LogP contribution in [0.15, 0.2) is 24.3 Å². The van der Waals surface area contributed by atoms with Crippen LogP contribution in [-0.2, 0) is 24.4 Å². The van der Waals surface area contributed by atoms with Gasteiger partial charge in [0.05, 0.1) is 26.0 Å². The Bertz CT molecular complexity index is 932. The standard InChI is InChI=1S/C24H34N6O3/c1-32-20-8-6-17(7-9-20)23-15-30-22(16-33-23)21(27-28-30)14-29-12-10-19(11-13-29)26-24(31)25-18-4-2-3-5-18/h6-9,18-19,23H,2-5,10-16H2,1H3,(H2,25,26,31)/t23-/m0/s1. The number of hydrogen-bond acceptors (Lipinski definition) is 6. The van der Waals surface area contributed by atoms with Crippen molar-refractivity contribution < 1.29 is 14.3 Å². The number of carbonyl (C=O) groups excluding carboxylic acids is 1. The molecule has 0 unspecified atom stereocenters. The van der Waals surface area contributed by atoms with Gasteiger partial charge in [0, 0.05) is 31.7 Å². The maximum atomic E-state index is 12.2. The number of amides is 2. The van der Waals surface area contributed by atoms with E-state index in [4.69, 9.17) is 9.47 Å². The summed E-state index contributed by atoms with van der Waals surface area (Å²) in [6.45, 7) is 3.83. The van der Waals surface area contributed by atoms with Crippen molar-refractivity contribution in [3.8, 4) is 5.75 Å². The first kappa shape index (κ1) is 22.2. The number of methoxy groups -OCH3 is 1. The van der Waals surface area contributed by atoms with Crippen LogP contribution in [0.1, 0.15) is 61.6 Å². The first-order valence-electron chi connectivity index (χ1n) is 12.1. The van der Waals surface area contributed by atoms with Crippen LogP contribution in [0.4, 0.5) is 4.79 Å². The molecular weight excluding hydrogens is 420 g/mol. The van der Waals surface area contributed by atoms with Crippen LogP contribution >= 0.6 is 0 Å². The lowest BCUT2D eigenvalue weighted by atomic mass is 10.0. The molecule has 0 radical (unpaired) electrons. The predicted molar refractivity (Wildman–Crippen MR) is 123 cm³/mol. The molecule has 1 atom stereocenters. The van der Waals surface area contributed by atoms with E-state index in [9.17, 15) is 4.79 Å². The van der Waals surface area contributed by atoms with Gasteiger partial charge in [0.2, 0.25) is 0 Å². The largest absolute Gasteiger partial charge is 0.497 e. The second kappa shape index (κ2) is 10.1. The third kappa shape index (κ3) is 5.30. The van der Waals surface area contributed by atoms with Crippen molar-refractivity contribution in [2.45, 2.75) is 76.4 Å². The number of nitrogens with zero attached hydrogens (tertiary/aromatic N) is 4. The van der Waals surface area contributed by atoms with Gasteiger partial charge in [0.15, 0.2) is 0 Å². The Kier molecular flexibility index (Phi) is 6.78. The zero-order chi connectivity index (χ0) is 22.6. The number of nitrogens with one attached hydrogen (secondary N) is 2. The predicted octanol–water partition coefficient (Wildman–Crippen LogP) is 2.76. The summed E-state index contributed by atoms with van der Waals surface area (Å²) in [5.41, 5.74) is 3.18. The van der Waals surface area contributed by atoms with Gasteiger partial charge in [0.1, 0.15) is 17.5 Å². The molecule has 33 heavy (non-hydrogen) atoms. The number of aromatic nitrogens is 3.